The number of hydrogen-bond acceptors (Lipinski definition) is 1. The molecule has 0 aromatic rings. The van der Waals surface area contributed by atoms with Gasteiger partial charge in [0, 0.05) is 0 Å². The molecule has 11 heavy (non-hydrogen) atoms. The van der Waals surface area contributed by atoms with Crippen molar-refractivity contribution in [2.24, 2.45) is 0 Å². The highest BCUT2D eigenvalue weighted by Crippen LogP contribution is 1.78. The number of allylic oxidation sites excluding steroid dienone is 3. The van der Waals surface area contributed by atoms with Crippen LogP contribution in [-0.4, -0.2) is 5.78 Å². The average molecular weight is 154 g/mol. The van der Waals surface area contributed by atoms with Crippen LogP contribution in [-0.2, 0) is 4.79 Å². The standard InChI is InChI=1S/C6H10O.C4H8/c1-3-4-5-6(2)7;1-3-4-2/h4-5H,3H2,1-2H3;3H,1,4H2,2H3/b5-4+;. The van der Waals surface area contributed by atoms with Crippen LogP contribution in [0.1, 0.15) is 33.6 Å². The predicted octanol–water partition coefficient (Wildman–Crippen LogP) is 3.12. The fourth-order valence-electron chi connectivity index (χ4n) is 0.284. The van der Waals surface area contributed by atoms with Crippen LogP contribution < -0.4 is 0 Å². The largest absolute Gasteiger partial charge is 0.295 e. The Morgan fingerprint density at radius 3 is 1.91 bits per heavy atom. The molecule has 1 heteroatoms. The highest BCUT2D eigenvalue weighted by molar-refractivity contribution is 5.87. The first kappa shape index (κ1) is 12.8. The van der Waals surface area contributed by atoms with Gasteiger partial charge in [0.2, 0.25) is 0 Å². The molecule has 0 fully saturated rings. The van der Waals surface area contributed by atoms with Crippen molar-refractivity contribution >= 4 is 5.78 Å². The summed E-state index contributed by atoms with van der Waals surface area (Å²) in [6.07, 6.45) is 7.34. The summed E-state index contributed by atoms with van der Waals surface area (Å²) in [6, 6.07) is 0. The third-order valence-corrected chi connectivity index (χ3v) is 0.877. The molecule has 0 N–H and O–H groups in total. The monoisotopic (exact) mass is 154 g/mol. The average Bonchev–Trinajstić information content (AvgIpc) is 2.01. The van der Waals surface area contributed by atoms with Gasteiger partial charge in [0.05, 0.1) is 0 Å². The molecular formula is C10H18O. The molecule has 0 aliphatic heterocycles. The fourth-order valence-corrected chi connectivity index (χ4v) is 0.284. The zero-order chi connectivity index (χ0) is 9.11. The number of ketones is 1. The normalized spacial score (nSPS) is 8.64. The molecule has 0 aliphatic rings. The minimum atomic E-state index is 0.127. The highest BCUT2D eigenvalue weighted by Gasteiger charge is 1.75. The Bertz CT molecular complexity index is 123. The lowest BCUT2D eigenvalue weighted by atomic mass is 10.3. The molecule has 0 saturated heterocycles. The first-order valence-electron chi connectivity index (χ1n) is 3.97. The number of hydrogen-bond donors (Lipinski definition) is 0. The second-order valence-corrected chi connectivity index (χ2v) is 2.12. The Balaban J connectivity index is 0. The molecule has 0 heterocycles. The van der Waals surface area contributed by atoms with Gasteiger partial charge < -0.3 is 0 Å². The first-order chi connectivity index (χ1) is 5.18. The Hall–Kier alpha value is -0.850. The molecule has 0 aliphatic carbocycles. The smallest absolute Gasteiger partial charge is 0.152 e. The van der Waals surface area contributed by atoms with E-state index < -0.39 is 0 Å². The van der Waals surface area contributed by atoms with Crippen LogP contribution in [0.15, 0.2) is 24.8 Å². The van der Waals surface area contributed by atoms with E-state index in [2.05, 4.69) is 13.5 Å². The molecule has 1 nitrogen and oxygen atoms in total. The van der Waals surface area contributed by atoms with Crippen molar-refractivity contribution in [1.29, 1.82) is 0 Å². The van der Waals surface area contributed by atoms with Crippen molar-refractivity contribution < 1.29 is 4.79 Å². The van der Waals surface area contributed by atoms with E-state index in [-0.39, 0.29) is 5.78 Å². The fraction of sp³-hybridized carbons (Fsp3) is 0.500. The molecule has 64 valence electrons. The van der Waals surface area contributed by atoms with Gasteiger partial charge in [-0.3, -0.25) is 4.79 Å². The zero-order valence-corrected chi connectivity index (χ0v) is 7.76. The Morgan fingerprint density at radius 1 is 1.36 bits per heavy atom. The third kappa shape index (κ3) is 27.2. The second-order valence-electron chi connectivity index (χ2n) is 2.12. The van der Waals surface area contributed by atoms with Gasteiger partial charge in [-0.05, 0) is 25.8 Å². The second kappa shape index (κ2) is 11.9. The van der Waals surface area contributed by atoms with Gasteiger partial charge in [-0.1, -0.05) is 26.0 Å². The van der Waals surface area contributed by atoms with Crippen LogP contribution in [0.25, 0.3) is 0 Å². The lowest BCUT2D eigenvalue weighted by Gasteiger charge is -1.73. The molecule has 0 saturated carbocycles. The molecule has 0 unspecified atom stereocenters. The van der Waals surface area contributed by atoms with Gasteiger partial charge in [-0.2, -0.15) is 0 Å². The topological polar surface area (TPSA) is 17.1 Å². The SMILES string of the molecule is C=CCC.CC/C=C/C(C)=O. The van der Waals surface area contributed by atoms with Crippen molar-refractivity contribution in [3.63, 3.8) is 0 Å². The number of carbonyl (C=O) groups excluding carboxylic acids is 1. The molecule has 0 atom stereocenters. The van der Waals surface area contributed by atoms with E-state index >= 15 is 0 Å². The third-order valence-electron chi connectivity index (χ3n) is 0.877. The maximum Gasteiger partial charge on any atom is 0.152 e. The zero-order valence-electron chi connectivity index (χ0n) is 7.76. The van der Waals surface area contributed by atoms with Crippen molar-refractivity contribution in [1.82, 2.24) is 0 Å². The van der Waals surface area contributed by atoms with Gasteiger partial charge >= 0.3 is 0 Å². The molecular weight excluding hydrogens is 136 g/mol. The van der Waals surface area contributed by atoms with E-state index in [0.29, 0.717) is 0 Å². The maximum atomic E-state index is 10.1. The molecule has 0 aromatic heterocycles. The quantitative estimate of drug-likeness (QED) is 0.451. The van der Waals surface area contributed by atoms with E-state index in [1.807, 2.05) is 19.1 Å². The minimum absolute atomic E-state index is 0.127. The van der Waals surface area contributed by atoms with Gasteiger partial charge in [0.15, 0.2) is 5.78 Å². The van der Waals surface area contributed by atoms with Gasteiger partial charge in [0.1, 0.15) is 0 Å². The van der Waals surface area contributed by atoms with Gasteiger partial charge in [-0.25, -0.2) is 0 Å². The summed E-state index contributed by atoms with van der Waals surface area (Å²) < 4.78 is 0. The van der Waals surface area contributed by atoms with Crippen LogP contribution in [0.5, 0.6) is 0 Å². The molecule has 0 aromatic carbocycles. The molecule has 0 radical (unpaired) electrons. The summed E-state index contributed by atoms with van der Waals surface area (Å²) in [5.41, 5.74) is 0. The minimum Gasteiger partial charge on any atom is -0.295 e. The van der Waals surface area contributed by atoms with Crippen molar-refractivity contribution in [2.75, 3.05) is 0 Å². The lowest BCUT2D eigenvalue weighted by Crippen LogP contribution is -1.77. The summed E-state index contributed by atoms with van der Waals surface area (Å²) in [4.78, 5) is 10.1. The van der Waals surface area contributed by atoms with Crippen LogP contribution in [0.4, 0.5) is 0 Å². The number of rotatable bonds is 3. The van der Waals surface area contributed by atoms with E-state index in [1.54, 1.807) is 13.0 Å². The first-order valence-corrected chi connectivity index (χ1v) is 3.97. The Kier molecular flexibility index (Phi) is 13.8. The summed E-state index contributed by atoms with van der Waals surface area (Å²) in [5, 5.41) is 0. The van der Waals surface area contributed by atoms with E-state index in [9.17, 15) is 4.79 Å². The summed E-state index contributed by atoms with van der Waals surface area (Å²) in [7, 11) is 0. The van der Waals surface area contributed by atoms with Crippen molar-refractivity contribution in [3.05, 3.63) is 24.8 Å². The summed E-state index contributed by atoms with van der Waals surface area (Å²) in [5.74, 6) is 0.127. The molecule has 0 spiro atoms. The van der Waals surface area contributed by atoms with E-state index in [4.69, 9.17) is 0 Å². The molecule has 0 rings (SSSR count). The highest BCUT2D eigenvalue weighted by atomic mass is 16.1. The maximum absolute atomic E-state index is 10.1. The van der Waals surface area contributed by atoms with E-state index in [0.717, 1.165) is 12.8 Å². The number of carbonyl (C=O) groups is 1. The molecule has 0 amide bonds. The molecule has 0 bridgehead atoms. The van der Waals surface area contributed by atoms with Gasteiger partial charge in [-0.15, -0.1) is 6.58 Å². The van der Waals surface area contributed by atoms with Gasteiger partial charge in [0.25, 0.3) is 0 Å². The Morgan fingerprint density at radius 2 is 1.82 bits per heavy atom. The van der Waals surface area contributed by atoms with Crippen LogP contribution in [0.2, 0.25) is 0 Å². The Labute approximate surface area is 69.8 Å². The summed E-state index contributed by atoms with van der Waals surface area (Å²) in [6.45, 7) is 9.09. The lowest BCUT2D eigenvalue weighted by molar-refractivity contribution is -0.112. The predicted molar refractivity (Wildman–Crippen MR) is 50.6 cm³/mol. The van der Waals surface area contributed by atoms with Crippen molar-refractivity contribution in [3.8, 4) is 0 Å². The van der Waals surface area contributed by atoms with Crippen LogP contribution >= 0.6 is 0 Å². The van der Waals surface area contributed by atoms with Crippen LogP contribution in [0, 0.1) is 0 Å². The van der Waals surface area contributed by atoms with E-state index in [1.165, 1.54) is 0 Å². The summed E-state index contributed by atoms with van der Waals surface area (Å²) >= 11 is 0. The van der Waals surface area contributed by atoms with Crippen molar-refractivity contribution in [2.45, 2.75) is 33.6 Å². The van der Waals surface area contributed by atoms with Crippen LogP contribution in [0.3, 0.4) is 0 Å².